The summed E-state index contributed by atoms with van der Waals surface area (Å²) in [6.07, 6.45) is -4.30. The number of benzene rings is 1. The minimum Gasteiger partial charge on any atom is -0.508 e. The lowest BCUT2D eigenvalue weighted by Crippen LogP contribution is -2.24. The van der Waals surface area contributed by atoms with Gasteiger partial charge in [-0.15, -0.1) is 0 Å². The Morgan fingerprint density at radius 3 is 2.46 bits per heavy atom. The second kappa shape index (κ2) is 6.84. The summed E-state index contributed by atoms with van der Waals surface area (Å²) in [5.74, 6) is 0.180. The van der Waals surface area contributed by atoms with Gasteiger partial charge in [0.1, 0.15) is 12.3 Å². The highest BCUT2D eigenvalue weighted by molar-refractivity contribution is 5.31. The summed E-state index contributed by atoms with van der Waals surface area (Å²) in [5, 5.41) is 16.9. The maximum absolute atomic E-state index is 12.6. The fourth-order valence-corrected chi connectivity index (χ4v) is 3.01. The molecule has 0 aliphatic carbocycles. The second-order valence-corrected chi connectivity index (χ2v) is 6.06. The fourth-order valence-electron chi connectivity index (χ4n) is 3.01. The van der Waals surface area contributed by atoms with Crippen LogP contribution in [0.3, 0.4) is 0 Å². The average molecular weight is 341 g/mol. The van der Waals surface area contributed by atoms with Crippen LogP contribution in [0.1, 0.15) is 48.4 Å². The Kier molecular flexibility index (Phi) is 5.22. The highest BCUT2D eigenvalue weighted by Crippen LogP contribution is 2.27. The van der Waals surface area contributed by atoms with Crippen molar-refractivity contribution in [3.63, 3.8) is 0 Å². The molecule has 4 nitrogen and oxygen atoms in total. The average Bonchev–Trinajstić information content (AvgIpc) is 2.71. The first-order valence-electron chi connectivity index (χ1n) is 7.74. The zero-order valence-electron chi connectivity index (χ0n) is 14.1. The molecule has 2 aromatic rings. The van der Waals surface area contributed by atoms with E-state index in [-0.39, 0.29) is 17.8 Å². The van der Waals surface area contributed by atoms with Crippen molar-refractivity contribution < 1.29 is 18.3 Å². The second-order valence-electron chi connectivity index (χ2n) is 6.06. The van der Waals surface area contributed by atoms with Crippen molar-refractivity contribution in [1.82, 2.24) is 15.1 Å². The van der Waals surface area contributed by atoms with Gasteiger partial charge in [-0.2, -0.15) is 18.3 Å². The zero-order chi connectivity index (χ0) is 18.1. The molecule has 2 atom stereocenters. The van der Waals surface area contributed by atoms with E-state index < -0.39 is 12.7 Å². The third kappa shape index (κ3) is 4.29. The number of aromatic nitrogens is 2. The van der Waals surface area contributed by atoms with Gasteiger partial charge in [0.25, 0.3) is 0 Å². The molecule has 7 heteroatoms. The number of hydrogen-bond donors (Lipinski definition) is 2. The molecule has 0 radical (unpaired) electrons. The van der Waals surface area contributed by atoms with E-state index in [1.54, 1.807) is 32.0 Å². The SMILES string of the molecule is Cc1nn(CC(F)(F)F)c(C)c1[C@H](C)N[C@H](C)c1cccc(O)c1. The van der Waals surface area contributed by atoms with Gasteiger partial charge in [-0.3, -0.25) is 4.68 Å². The number of hydrogen-bond acceptors (Lipinski definition) is 3. The molecule has 0 unspecified atom stereocenters. The summed E-state index contributed by atoms with van der Waals surface area (Å²) in [4.78, 5) is 0. The summed E-state index contributed by atoms with van der Waals surface area (Å²) < 4.78 is 38.9. The lowest BCUT2D eigenvalue weighted by atomic mass is 10.0. The summed E-state index contributed by atoms with van der Waals surface area (Å²) in [6, 6.07) is 6.65. The predicted octanol–water partition coefficient (Wildman–Crippen LogP) is 4.18. The summed E-state index contributed by atoms with van der Waals surface area (Å²) in [5.41, 5.74) is 2.76. The third-order valence-electron chi connectivity index (χ3n) is 4.07. The van der Waals surface area contributed by atoms with Gasteiger partial charge in [-0.25, -0.2) is 0 Å². The van der Waals surface area contributed by atoms with E-state index >= 15 is 0 Å². The molecule has 0 saturated carbocycles. The highest BCUT2D eigenvalue weighted by Gasteiger charge is 2.30. The van der Waals surface area contributed by atoms with Crippen molar-refractivity contribution in [2.24, 2.45) is 0 Å². The molecule has 24 heavy (non-hydrogen) atoms. The molecule has 132 valence electrons. The molecule has 0 spiro atoms. The van der Waals surface area contributed by atoms with E-state index in [9.17, 15) is 18.3 Å². The summed E-state index contributed by atoms with van der Waals surface area (Å²) >= 11 is 0. The van der Waals surface area contributed by atoms with Crippen molar-refractivity contribution in [2.45, 2.75) is 52.5 Å². The van der Waals surface area contributed by atoms with E-state index in [4.69, 9.17) is 0 Å². The number of rotatable bonds is 5. The number of phenolic OH excluding ortho intramolecular Hbond substituents is 1. The smallest absolute Gasteiger partial charge is 0.408 e. The number of phenols is 1. The Bertz CT molecular complexity index is 710. The van der Waals surface area contributed by atoms with Crippen LogP contribution in [0.5, 0.6) is 5.75 Å². The Morgan fingerprint density at radius 2 is 1.88 bits per heavy atom. The van der Waals surface area contributed by atoms with E-state index in [1.165, 1.54) is 0 Å². The Labute approximate surface area is 139 Å². The first kappa shape index (κ1) is 18.3. The topological polar surface area (TPSA) is 50.1 Å². The van der Waals surface area contributed by atoms with E-state index in [2.05, 4.69) is 10.4 Å². The molecular formula is C17H22F3N3O. The van der Waals surface area contributed by atoms with Crippen LogP contribution in [0.25, 0.3) is 0 Å². The highest BCUT2D eigenvalue weighted by atomic mass is 19.4. The van der Waals surface area contributed by atoms with Crippen molar-refractivity contribution in [2.75, 3.05) is 0 Å². The molecule has 1 heterocycles. The molecule has 0 aliphatic heterocycles. The standard InChI is InChI=1S/C17H22F3N3O/c1-10(14-6-5-7-15(24)8-14)21-11(2)16-12(3)22-23(13(16)4)9-17(18,19)20/h5-8,10-11,21,24H,9H2,1-4H3/t10-,11+/m1/s1. The lowest BCUT2D eigenvalue weighted by Gasteiger charge is -2.21. The molecule has 0 saturated heterocycles. The lowest BCUT2D eigenvalue weighted by molar-refractivity contribution is -0.143. The molecule has 2 N–H and O–H groups in total. The summed E-state index contributed by atoms with van der Waals surface area (Å²) in [7, 11) is 0. The van der Waals surface area contributed by atoms with Crippen LogP contribution >= 0.6 is 0 Å². The van der Waals surface area contributed by atoms with E-state index in [0.29, 0.717) is 11.4 Å². The Hall–Kier alpha value is -2.02. The van der Waals surface area contributed by atoms with Gasteiger partial charge in [-0.05, 0) is 45.4 Å². The number of aryl methyl sites for hydroxylation is 1. The van der Waals surface area contributed by atoms with Gasteiger partial charge >= 0.3 is 6.18 Å². The van der Waals surface area contributed by atoms with Gasteiger partial charge in [-0.1, -0.05) is 12.1 Å². The van der Waals surface area contributed by atoms with Crippen LogP contribution in [-0.4, -0.2) is 21.1 Å². The molecule has 0 fully saturated rings. The number of nitrogens with one attached hydrogen (secondary N) is 1. The van der Waals surface area contributed by atoms with Gasteiger partial charge in [0.15, 0.2) is 0 Å². The van der Waals surface area contributed by atoms with Gasteiger partial charge < -0.3 is 10.4 Å². The first-order valence-corrected chi connectivity index (χ1v) is 7.74. The van der Waals surface area contributed by atoms with Crippen LogP contribution in [0.2, 0.25) is 0 Å². The number of alkyl halides is 3. The van der Waals surface area contributed by atoms with Crippen molar-refractivity contribution in [3.8, 4) is 5.75 Å². The van der Waals surface area contributed by atoms with Crippen LogP contribution in [0.15, 0.2) is 24.3 Å². The van der Waals surface area contributed by atoms with Crippen LogP contribution in [0, 0.1) is 13.8 Å². The normalized spacial score (nSPS) is 14.6. The maximum Gasteiger partial charge on any atom is 0.408 e. The largest absolute Gasteiger partial charge is 0.508 e. The molecule has 0 aliphatic rings. The molecular weight excluding hydrogens is 319 g/mol. The molecule has 2 rings (SSSR count). The first-order chi connectivity index (χ1) is 11.1. The molecule has 1 aromatic heterocycles. The van der Waals surface area contributed by atoms with Crippen molar-refractivity contribution in [1.29, 1.82) is 0 Å². The summed E-state index contributed by atoms with van der Waals surface area (Å²) in [6.45, 7) is 6.11. The Balaban J connectivity index is 2.19. The van der Waals surface area contributed by atoms with Crippen LogP contribution in [-0.2, 0) is 6.54 Å². The van der Waals surface area contributed by atoms with E-state index in [0.717, 1.165) is 15.8 Å². The predicted molar refractivity (Wildman–Crippen MR) is 85.8 cm³/mol. The fraction of sp³-hybridized carbons (Fsp3) is 0.471. The van der Waals surface area contributed by atoms with Gasteiger partial charge in [0.05, 0.1) is 5.69 Å². The quantitative estimate of drug-likeness (QED) is 0.858. The van der Waals surface area contributed by atoms with E-state index in [1.807, 2.05) is 19.9 Å². The van der Waals surface area contributed by atoms with Crippen LogP contribution < -0.4 is 5.32 Å². The zero-order valence-corrected chi connectivity index (χ0v) is 14.1. The number of halogens is 3. The molecule has 0 amide bonds. The molecule has 0 bridgehead atoms. The van der Waals surface area contributed by atoms with Crippen LogP contribution in [0.4, 0.5) is 13.2 Å². The monoisotopic (exact) mass is 341 g/mol. The molecule has 1 aromatic carbocycles. The minimum absolute atomic E-state index is 0.0723. The van der Waals surface area contributed by atoms with Gasteiger partial charge in [0, 0.05) is 23.3 Å². The van der Waals surface area contributed by atoms with Gasteiger partial charge in [0.2, 0.25) is 0 Å². The maximum atomic E-state index is 12.6. The Morgan fingerprint density at radius 1 is 1.21 bits per heavy atom. The third-order valence-corrected chi connectivity index (χ3v) is 4.07. The number of nitrogens with zero attached hydrogens (tertiary/aromatic N) is 2. The van der Waals surface area contributed by atoms with Crippen molar-refractivity contribution >= 4 is 0 Å². The minimum atomic E-state index is -4.30. The van der Waals surface area contributed by atoms with Crippen molar-refractivity contribution in [3.05, 3.63) is 46.8 Å². The number of aromatic hydroxyl groups is 1.